The van der Waals surface area contributed by atoms with Crippen LogP contribution in [0.3, 0.4) is 0 Å². The molecule has 1 heterocycles. The summed E-state index contributed by atoms with van der Waals surface area (Å²) in [4.78, 5) is 14.3. The first kappa shape index (κ1) is 16.0. The summed E-state index contributed by atoms with van der Waals surface area (Å²) >= 11 is 5.30. The van der Waals surface area contributed by atoms with Crippen molar-refractivity contribution in [1.29, 1.82) is 0 Å². The first-order valence-corrected chi connectivity index (χ1v) is 8.38. The van der Waals surface area contributed by atoms with Crippen LogP contribution in [0.4, 0.5) is 5.69 Å². The highest BCUT2D eigenvalue weighted by Gasteiger charge is 2.10. The zero-order valence-corrected chi connectivity index (χ0v) is 14.7. The topological polar surface area (TPSA) is 38.3 Å². The minimum Gasteiger partial charge on any atom is -0.462 e. The fraction of sp³-hybridized carbons (Fsp3) is 0.312. The quantitative estimate of drug-likeness (QED) is 0.762. The molecule has 0 spiro atoms. The first-order valence-electron chi connectivity index (χ1n) is 6.77. The van der Waals surface area contributed by atoms with E-state index in [9.17, 15) is 4.79 Å². The van der Waals surface area contributed by atoms with Crippen molar-refractivity contribution in [3.8, 4) is 0 Å². The van der Waals surface area contributed by atoms with Gasteiger partial charge >= 0.3 is 5.97 Å². The van der Waals surface area contributed by atoms with Crippen LogP contribution < -0.4 is 5.32 Å². The largest absolute Gasteiger partial charge is 0.462 e. The van der Waals surface area contributed by atoms with E-state index in [0.29, 0.717) is 12.2 Å². The second kappa shape index (κ2) is 7.09. The van der Waals surface area contributed by atoms with Gasteiger partial charge in [-0.2, -0.15) is 0 Å². The maximum Gasteiger partial charge on any atom is 0.338 e. The van der Waals surface area contributed by atoms with Gasteiger partial charge in [0.05, 0.1) is 12.2 Å². The first-order chi connectivity index (χ1) is 10.0. The molecule has 3 nitrogen and oxygen atoms in total. The van der Waals surface area contributed by atoms with Crippen LogP contribution in [0.5, 0.6) is 0 Å². The van der Waals surface area contributed by atoms with Crippen molar-refractivity contribution >= 4 is 38.9 Å². The molecule has 0 atom stereocenters. The van der Waals surface area contributed by atoms with Gasteiger partial charge in [0.15, 0.2) is 0 Å². The standard InChI is InChI=1S/C16H18BrNO2S/c1-4-20-16(19)12-5-6-15(14(17)8-12)18-9-13-7-10(2)21-11(13)3/h5-8,18H,4,9H2,1-3H3. The van der Waals surface area contributed by atoms with E-state index in [2.05, 4.69) is 41.2 Å². The molecular weight excluding hydrogens is 350 g/mol. The third-order valence-corrected chi connectivity index (χ3v) is 4.76. The summed E-state index contributed by atoms with van der Waals surface area (Å²) in [6, 6.07) is 7.65. The molecule has 1 aromatic carbocycles. The molecule has 0 aliphatic heterocycles. The lowest BCUT2D eigenvalue weighted by Crippen LogP contribution is -2.06. The SMILES string of the molecule is CCOC(=O)c1ccc(NCc2cc(C)sc2C)c(Br)c1. The van der Waals surface area contributed by atoms with Gasteiger partial charge in [-0.05, 0) is 66.5 Å². The molecule has 2 aromatic rings. The number of carbonyl (C=O) groups is 1. The maximum absolute atomic E-state index is 11.7. The third-order valence-electron chi connectivity index (χ3n) is 3.09. The Bertz CT molecular complexity index is 652. The number of rotatable bonds is 5. The number of nitrogens with one attached hydrogen (secondary N) is 1. The van der Waals surface area contributed by atoms with Crippen molar-refractivity contribution in [2.75, 3.05) is 11.9 Å². The number of ether oxygens (including phenoxy) is 1. The van der Waals surface area contributed by atoms with E-state index in [0.717, 1.165) is 16.7 Å². The van der Waals surface area contributed by atoms with E-state index in [-0.39, 0.29) is 5.97 Å². The Hall–Kier alpha value is -1.33. The summed E-state index contributed by atoms with van der Waals surface area (Å²) in [5.74, 6) is -0.297. The van der Waals surface area contributed by atoms with Gasteiger partial charge in [-0.15, -0.1) is 11.3 Å². The highest BCUT2D eigenvalue weighted by atomic mass is 79.9. The Morgan fingerprint density at radius 3 is 2.67 bits per heavy atom. The minimum atomic E-state index is -0.297. The number of hydrogen-bond donors (Lipinski definition) is 1. The number of aryl methyl sites for hydroxylation is 2. The van der Waals surface area contributed by atoms with E-state index in [1.165, 1.54) is 15.3 Å². The molecule has 5 heteroatoms. The smallest absolute Gasteiger partial charge is 0.338 e. The van der Waals surface area contributed by atoms with Crippen LogP contribution in [0.15, 0.2) is 28.7 Å². The zero-order valence-electron chi connectivity index (χ0n) is 12.3. The number of carbonyl (C=O) groups excluding carboxylic acids is 1. The molecule has 0 fully saturated rings. The van der Waals surface area contributed by atoms with Crippen molar-refractivity contribution < 1.29 is 9.53 Å². The van der Waals surface area contributed by atoms with Gasteiger partial charge in [0, 0.05) is 26.5 Å². The molecule has 0 bridgehead atoms. The molecule has 0 radical (unpaired) electrons. The second-order valence-corrected chi connectivity index (χ2v) is 7.02. The van der Waals surface area contributed by atoms with Crippen LogP contribution >= 0.6 is 27.3 Å². The maximum atomic E-state index is 11.7. The van der Waals surface area contributed by atoms with Gasteiger partial charge in [-0.3, -0.25) is 0 Å². The van der Waals surface area contributed by atoms with E-state index < -0.39 is 0 Å². The summed E-state index contributed by atoms with van der Waals surface area (Å²) in [5.41, 5.74) is 2.82. The van der Waals surface area contributed by atoms with Crippen LogP contribution in [0, 0.1) is 13.8 Å². The summed E-state index contributed by atoms with van der Waals surface area (Å²) < 4.78 is 5.85. The van der Waals surface area contributed by atoms with Crippen molar-refractivity contribution in [3.05, 3.63) is 49.6 Å². The highest BCUT2D eigenvalue weighted by Crippen LogP contribution is 2.26. The van der Waals surface area contributed by atoms with Gasteiger partial charge in [0.25, 0.3) is 0 Å². The predicted molar refractivity (Wildman–Crippen MR) is 91.2 cm³/mol. The van der Waals surface area contributed by atoms with Crippen LogP contribution in [0.1, 0.15) is 32.6 Å². The van der Waals surface area contributed by atoms with Crippen molar-refractivity contribution in [1.82, 2.24) is 0 Å². The van der Waals surface area contributed by atoms with Crippen LogP contribution in [0.2, 0.25) is 0 Å². The fourth-order valence-corrected chi connectivity index (χ4v) is 3.51. The Morgan fingerprint density at radius 1 is 1.33 bits per heavy atom. The normalized spacial score (nSPS) is 10.5. The summed E-state index contributed by atoms with van der Waals surface area (Å²) in [6.07, 6.45) is 0. The fourth-order valence-electron chi connectivity index (χ4n) is 2.05. The predicted octanol–water partition coefficient (Wildman–Crippen LogP) is 4.92. The molecule has 21 heavy (non-hydrogen) atoms. The van der Waals surface area contributed by atoms with Gasteiger partial charge in [0.1, 0.15) is 0 Å². The minimum absolute atomic E-state index is 0.297. The molecule has 0 unspecified atom stereocenters. The van der Waals surface area contributed by atoms with Crippen molar-refractivity contribution in [2.24, 2.45) is 0 Å². The lowest BCUT2D eigenvalue weighted by atomic mass is 10.2. The van der Waals surface area contributed by atoms with Crippen LogP contribution in [0.25, 0.3) is 0 Å². The third kappa shape index (κ3) is 4.08. The Balaban J connectivity index is 2.07. The van der Waals surface area contributed by atoms with E-state index in [4.69, 9.17) is 4.74 Å². The van der Waals surface area contributed by atoms with Crippen LogP contribution in [-0.2, 0) is 11.3 Å². The van der Waals surface area contributed by atoms with E-state index in [1.54, 1.807) is 19.1 Å². The Morgan fingerprint density at radius 2 is 2.10 bits per heavy atom. The Kier molecular flexibility index (Phi) is 5.42. The zero-order chi connectivity index (χ0) is 15.4. The molecule has 0 aliphatic carbocycles. The lowest BCUT2D eigenvalue weighted by Gasteiger charge is -2.10. The summed E-state index contributed by atoms with van der Waals surface area (Å²) in [5, 5.41) is 3.39. The van der Waals surface area contributed by atoms with Gasteiger partial charge in [-0.25, -0.2) is 4.79 Å². The van der Waals surface area contributed by atoms with Gasteiger partial charge in [0.2, 0.25) is 0 Å². The number of halogens is 1. The van der Waals surface area contributed by atoms with E-state index in [1.807, 2.05) is 17.4 Å². The van der Waals surface area contributed by atoms with E-state index >= 15 is 0 Å². The van der Waals surface area contributed by atoms with Gasteiger partial charge < -0.3 is 10.1 Å². The monoisotopic (exact) mass is 367 g/mol. The second-order valence-electron chi connectivity index (χ2n) is 4.71. The van der Waals surface area contributed by atoms with Gasteiger partial charge in [-0.1, -0.05) is 0 Å². The van der Waals surface area contributed by atoms with Crippen LogP contribution in [-0.4, -0.2) is 12.6 Å². The molecule has 1 aromatic heterocycles. The van der Waals surface area contributed by atoms with Crippen molar-refractivity contribution in [3.63, 3.8) is 0 Å². The molecule has 0 saturated carbocycles. The molecule has 0 aliphatic rings. The summed E-state index contributed by atoms with van der Waals surface area (Å²) in [7, 11) is 0. The lowest BCUT2D eigenvalue weighted by molar-refractivity contribution is 0.0526. The number of benzene rings is 1. The number of hydrogen-bond acceptors (Lipinski definition) is 4. The highest BCUT2D eigenvalue weighted by molar-refractivity contribution is 9.10. The average molecular weight is 368 g/mol. The number of thiophene rings is 1. The molecular formula is C16H18BrNO2S. The van der Waals surface area contributed by atoms with Crippen molar-refractivity contribution in [2.45, 2.75) is 27.3 Å². The molecule has 0 saturated heterocycles. The molecule has 1 N–H and O–H groups in total. The summed E-state index contributed by atoms with van der Waals surface area (Å²) in [6.45, 7) is 7.20. The Labute approximate surface area is 137 Å². The number of anilines is 1. The average Bonchev–Trinajstić information content (AvgIpc) is 2.76. The molecule has 112 valence electrons. The number of esters is 1. The molecule has 2 rings (SSSR count). The molecule has 0 amide bonds.